The maximum atomic E-state index is 13.4. The first kappa shape index (κ1) is 26.7. The van der Waals surface area contributed by atoms with Gasteiger partial charge in [0.2, 0.25) is 0 Å². The third kappa shape index (κ3) is 4.93. The number of hydrogen-bond donors (Lipinski definition) is 1. The van der Waals surface area contributed by atoms with Crippen molar-refractivity contribution >= 4 is 23.1 Å². The van der Waals surface area contributed by atoms with Gasteiger partial charge < -0.3 is 19.4 Å². The number of nitrogens with zero attached hydrogens (tertiary/aromatic N) is 5. The number of ether oxygens (including phenoxy) is 1. The molecule has 1 aliphatic rings. The number of likely N-dealkylation sites (tertiary alicyclic amines) is 1. The third-order valence-electron chi connectivity index (χ3n) is 6.65. The van der Waals surface area contributed by atoms with Crippen molar-refractivity contribution in [3.8, 4) is 28.8 Å². The predicted octanol–water partition coefficient (Wildman–Crippen LogP) is 4.76. The number of pyridine rings is 1. The molecular weight excluding hydrogens is 525 g/mol. The highest BCUT2D eigenvalue weighted by atomic mass is 19.4. The van der Waals surface area contributed by atoms with Crippen molar-refractivity contribution in [3.05, 3.63) is 72.1 Å². The number of benzene rings is 1. The molecule has 1 aromatic carbocycles. The van der Waals surface area contributed by atoms with E-state index in [1.54, 1.807) is 47.2 Å². The molecule has 2 amide bonds. The maximum Gasteiger partial charge on any atom is 0.416 e. The number of nitrogens with one attached hydrogen (secondary N) is 1. The Balaban J connectivity index is 1.65. The van der Waals surface area contributed by atoms with Gasteiger partial charge in [0.05, 0.1) is 41.6 Å². The van der Waals surface area contributed by atoms with E-state index in [1.165, 1.54) is 13.2 Å². The van der Waals surface area contributed by atoms with Crippen LogP contribution in [0.4, 0.5) is 19.0 Å². The highest BCUT2D eigenvalue weighted by Gasteiger charge is 2.35. The largest absolute Gasteiger partial charge is 0.495 e. The van der Waals surface area contributed by atoms with Crippen molar-refractivity contribution in [1.29, 1.82) is 0 Å². The SMILES string of the molecule is CC#CC(=O)N1CCCC1c1ccc(C(=O)Nc2cc(C(F)(F)F)ccn2)c(OC)c1-c1ncn2ccncc12. The topological polar surface area (TPSA) is 102 Å². The minimum atomic E-state index is -4.60. The molecule has 1 saturated heterocycles. The summed E-state index contributed by atoms with van der Waals surface area (Å²) in [4.78, 5) is 40.5. The second kappa shape index (κ2) is 10.7. The Hall–Kier alpha value is -4.92. The number of carbonyl (C=O) groups excluding carboxylic acids is 2. The lowest BCUT2D eigenvalue weighted by Crippen LogP contribution is -2.29. The number of rotatable bonds is 5. The van der Waals surface area contributed by atoms with Crippen LogP contribution < -0.4 is 10.1 Å². The average molecular weight is 549 g/mol. The molecule has 12 heteroatoms. The molecule has 4 aromatic rings. The van der Waals surface area contributed by atoms with E-state index in [0.29, 0.717) is 35.3 Å². The third-order valence-corrected chi connectivity index (χ3v) is 6.65. The summed E-state index contributed by atoms with van der Waals surface area (Å²) >= 11 is 0. The minimum absolute atomic E-state index is 0.0507. The summed E-state index contributed by atoms with van der Waals surface area (Å²) in [6.07, 6.45) is 4.30. The summed E-state index contributed by atoms with van der Waals surface area (Å²) in [5.41, 5.74) is 1.36. The normalized spacial score (nSPS) is 15.0. The van der Waals surface area contributed by atoms with Crippen molar-refractivity contribution in [3.63, 3.8) is 0 Å². The fourth-order valence-corrected chi connectivity index (χ4v) is 4.92. The van der Waals surface area contributed by atoms with E-state index < -0.39 is 17.6 Å². The predicted molar refractivity (Wildman–Crippen MR) is 139 cm³/mol. The molecule has 9 nitrogen and oxygen atoms in total. The lowest BCUT2D eigenvalue weighted by Gasteiger charge is -2.26. The van der Waals surface area contributed by atoms with Gasteiger partial charge in [-0.15, -0.1) is 0 Å². The molecule has 0 bridgehead atoms. The zero-order chi connectivity index (χ0) is 28.4. The molecule has 1 unspecified atom stereocenters. The molecule has 1 fully saturated rings. The van der Waals surface area contributed by atoms with Crippen LogP contribution in [0.2, 0.25) is 0 Å². The van der Waals surface area contributed by atoms with Gasteiger partial charge in [0, 0.05) is 25.1 Å². The number of halogens is 3. The van der Waals surface area contributed by atoms with Gasteiger partial charge in [0.15, 0.2) is 0 Å². The second-order valence-corrected chi connectivity index (χ2v) is 8.99. The van der Waals surface area contributed by atoms with Crippen molar-refractivity contribution < 1.29 is 27.5 Å². The summed E-state index contributed by atoms with van der Waals surface area (Å²) in [6, 6.07) is 4.43. The van der Waals surface area contributed by atoms with Gasteiger partial charge in [-0.25, -0.2) is 9.97 Å². The molecule has 1 atom stereocenters. The van der Waals surface area contributed by atoms with Gasteiger partial charge in [0.25, 0.3) is 11.8 Å². The van der Waals surface area contributed by atoms with Gasteiger partial charge in [-0.05, 0) is 49.4 Å². The number of hydrogen-bond acceptors (Lipinski definition) is 6. The van der Waals surface area contributed by atoms with Gasteiger partial charge in [-0.1, -0.05) is 12.0 Å². The summed E-state index contributed by atoms with van der Waals surface area (Å²) < 4.78 is 47.1. The summed E-state index contributed by atoms with van der Waals surface area (Å²) in [6.45, 7) is 2.10. The fourth-order valence-electron chi connectivity index (χ4n) is 4.92. The molecule has 40 heavy (non-hydrogen) atoms. The second-order valence-electron chi connectivity index (χ2n) is 8.99. The molecule has 0 aliphatic carbocycles. The number of imidazole rings is 1. The quantitative estimate of drug-likeness (QED) is 0.361. The number of aromatic nitrogens is 4. The fraction of sp³-hybridized carbons (Fsp3) is 0.250. The Morgan fingerprint density at radius 1 is 1.18 bits per heavy atom. The molecular formula is C28H23F3N6O3. The molecule has 1 aliphatic heterocycles. The van der Waals surface area contributed by atoms with Crippen LogP contribution in [0.1, 0.15) is 47.3 Å². The zero-order valence-electron chi connectivity index (χ0n) is 21.5. The average Bonchev–Trinajstić information content (AvgIpc) is 3.60. The van der Waals surface area contributed by atoms with Crippen LogP contribution in [0, 0.1) is 11.8 Å². The molecule has 4 heterocycles. The smallest absolute Gasteiger partial charge is 0.416 e. The lowest BCUT2D eigenvalue weighted by atomic mass is 9.92. The number of amides is 2. The molecule has 0 spiro atoms. The number of alkyl halides is 3. The monoisotopic (exact) mass is 548 g/mol. The maximum absolute atomic E-state index is 13.4. The van der Waals surface area contributed by atoms with Crippen molar-refractivity contribution in [2.45, 2.75) is 32.0 Å². The van der Waals surface area contributed by atoms with E-state index in [9.17, 15) is 22.8 Å². The van der Waals surface area contributed by atoms with E-state index in [0.717, 1.165) is 24.8 Å². The molecule has 3 aromatic heterocycles. The van der Waals surface area contributed by atoms with Crippen LogP contribution in [0.25, 0.3) is 16.8 Å². The number of anilines is 1. The summed E-state index contributed by atoms with van der Waals surface area (Å²) in [5, 5.41) is 2.44. The summed E-state index contributed by atoms with van der Waals surface area (Å²) in [7, 11) is 1.39. The van der Waals surface area contributed by atoms with Crippen LogP contribution in [0.3, 0.4) is 0 Å². The first-order valence-electron chi connectivity index (χ1n) is 12.3. The van der Waals surface area contributed by atoms with E-state index in [4.69, 9.17) is 4.74 Å². The molecule has 1 N–H and O–H groups in total. The molecule has 0 radical (unpaired) electrons. The molecule has 5 rings (SSSR count). The Labute approximate surface area is 227 Å². The van der Waals surface area contributed by atoms with E-state index in [-0.39, 0.29) is 29.1 Å². The first-order chi connectivity index (χ1) is 19.2. The highest BCUT2D eigenvalue weighted by molar-refractivity contribution is 6.08. The van der Waals surface area contributed by atoms with E-state index >= 15 is 0 Å². The Kier molecular flexibility index (Phi) is 7.13. The van der Waals surface area contributed by atoms with Crippen molar-refractivity contribution in [2.24, 2.45) is 0 Å². The van der Waals surface area contributed by atoms with E-state index in [1.807, 2.05) is 0 Å². The zero-order valence-corrected chi connectivity index (χ0v) is 21.5. The van der Waals surface area contributed by atoms with Crippen molar-refractivity contribution in [1.82, 2.24) is 24.3 Å². The van der Waals surface area contributed by atoms with Crippen LogP contribution in [-0.2, 0) is 11.0 Å². The Bertz CT molecular complexity index is 1670. The number of carbonyl (C=O) groups is 2. The summed E-state index contributed by atoms with van der Waals surface area (Å²) in [5.74, 6) is 4.08. The van der Waals surface area contributed by atoms with Gasteiger partial charge in [-0.3, -0.25) is 14.6 Å². The van der Waals surface area contributed by atoms with Crippen molar-refractivity contribution in [2.75, 3.05) is 19.0 Å². The Morgan fingerprint density at radius 3 is 2.75 bits per heavy atom. The van der Waals surface area contributed by atoms with Crippen LogP contribution in [-0.4, -0.2) is 49.7 Å². The lowest BCUT2D eigenvalue weighted by molar-refractivity contribution is -0.137. The number of fused-ring (bicyclic) bond motifs is 1. The van der Waals surface area contributed by atoms with Crippen LogP contribution >= 0.6 is 0 Å². The number of methoxy groups -OCH3 is 1. The van der Waals surface area contributed by atoms with Gasteiger partial charge in [-0.2, -0.15) is 13.2 Å². The first-order valence-corrected chi connectivity index (χ1v) is 12.3. The minimum Gasteiger partial charge on any atom is -0.495 e. The Morgan fingerprint density at radius 2 is 2.00 bits per heavy atom. The van der Waals surface area contributed by atoms with Crippen LogP contribution in [0.15, 0.2) is 55.4 Å². The van der Waals surface area contributed by atoms with Gasteiger partial charge >= 0.3 is 6.18 Å². The molecule has 0 saturated carbocycles. The highest BCUT2D eigenvalue weighted by Crippen LogP contribution is 2.44. The molecule has 204 valence electrons. The van der Waals surface area contributed by atoms with E-state index in [2.05, 4.69) is 32.1 Å². The van der Waals surface area contributed by atoms with Gasteiger partial charge in [0.1, 0.15) is 23.6 Å². The standard InChI is InChI=1S/C28H23F3N6O3/c1-3-5-23(38)37-12-4-6-20(37)18-7-8-19(27(39)35-22-14-17(9-10-33-22)28(29,30)31)26(40-2)24(18)25-21-15-32-11-13-36(21)16-34-25/h7-11,13-16,20H,4,6,12H2,1-2H3,(H,33,35,39). The van der Waals surface area contributed by atoms with Crippen LogP contribution in [0.5, 0.6) is 5.75 Å².